The molecule has 4 rings (SSSR count). The Morgan fingerprint density at radius 1 is 1.07 bits per heavy atom. The van der Waals surface area contributed by atoms with E-state index in [-0.39, 0.29) is 30.2 Å². The Morgan fingerprint density at radius 3 is 2.55 bits per heavy atom. The normalized spacial score (nSPS) is 17.8. The lowest BCUT2D eigenvalue weighted by Gasteiger charge is -2.30. The Kier molecular flexibility index (Phi) is 5.00. The smallest absolute Gasteiger partial charge is 0.247 e. The summed E-state index contributed by atoms with van der Waals surface area (Å²) in [5, 5.41) is -0.181. The van der Waals surface area contributed by atoms with E-state index in [1.807, 2.05) is 37.4 Å². The second-order valence-electron chi connectivity index (χ2n) is 7.38. The predicted molar refractivity (Wildman–Crippen MR) is 110 cm³/mol. The van der Waals surface area contributed by atoms with Gasteiger partial charge in [0.15, 0.2) is 9.84 Å². The number of nitrogens with one attached hydrogen (secondary N) is 1. The van der Waals surface area contributed by atoms with E-state index in [4.69, 9.17) is 0 Å². The number of hydrogen-bond acceptors (Lipinski definition) is 4. The summed E-state index contributed by atoms with van der Waals surface area (Å²) in [6.45, 7) is 2.03. The Hall–Kier alpha value is -2.93. The highest BCUT2D eigenvalue weighted by Gasteiger charge is 2.42. The molecule has 0 saturated carbocycles. The number of aromatic nitrogens is 1. The molecular weight excluding hydrogens is 388 g/mol. The molecule has 2 amide bonds. The van der Waals surface area contributed by atoms with Gasteiger partial charge < -0.3 is 4.98 Å². The van der Waals surface area contributed by atoms with Crippen molar-refractivity contribution in [2.24, 2.45) is 0 Å². The number of benzene rings is 2. The van der Waals surface area contributed by atoms with Crippen LogP contribution in [0.2, 0.25) is 0 Å². The summed E-state index contributed by atoms with van der Waals surface area (Å²) in [6, 6.07) is 14.3. The Bertz CT molecular complexity index is 1180. The van der Waals surface area contributed by atoms with Crippen molar-refractivity contribution >= 4 is 32.6 Å². The van der Waals surface area contributed by atoms with Gasteiger partial charge in [0.05, 0.1) is 4.90 Å². The minimum atomic E-state index is -3.84. The number of nitrogens with zero attached hydrogens (tertiary/aromatic N) is 1. The highest BCUT2D eigenvalue weighted by atomic mass is 32.2. The number of rotatable bonds is 5. The molecule has 7 heteroatoms. The van der Waals surface area contributed by atoms with Crippen LogP contribution in [-0.4, -0.2) is 41.9 Å². The number of H-pyrrole nitrogens is 1. The van der Waals surface area contributed by atoms with Gasteiger partial charge >= 0.3 is 0 Å². The van der Waals surface area contributed by atoms with Crippen LogP contribution >= 0.6 is 0 Å². The molecule has 1 fully saturated rings. The highest BCUT2D eigenvalue weighted by molar-refractivity contribution is 7.92. The van der Waals surface area contributed by atoms with Crippen LogP contribution in [0, 0.1) is 6.92 Å². The molecule has 1 saturated heterocycles. The van der Waals surface area contributed by atoms with Gasteiger partial charge in [-0.1, -0.05) is 35.9 Å². The van der Waals surface area contributed by atoms with Crippen molar-refractivity contribution in [3.05, 3.63) is 65.9 Å². The number of likely N-dealkylation sites (tertiary alicyclic amines) is 1. The van der Waals surface area contributed by atoms with Crippen LogP contribution in [0.3, 0.4) is 0 Å². The Morgan fingerprint density at radius 2 is 1.79 bits per heavy atom. The van der Waals surface area contributed by atoms with E-state index in [0.717, 1.165) is 26.9 Å². The summed E-state index contributed by atoms with van der Waals surface area (Å²) in [5.41, 5.74) is 2.91. The van der Waals surface area contributed by atoms with E-state index < -0.39 is 21.0 Å². The van der Waals surface area contributed by atoms with Gasteiger partial charge in [-0.25, -0.2) is 8.42 Å². The van der Waals surface area contributed by atoms with E-state index >= 15 is 0 Å². The number of imide groups is 1. The molecule has 150 valence electrons. The summed E-state index contributed by atoms with van der Waals surface area (Å²) in [5.74, 6) is -0.938. The van der Waals surface area contributed by atoms with Crippen molar-refractivity contribution in [1.82, 2.24) is 9.88 Å². The molecule has 0 spiro atoms. The lowest BCUT2D eigenvalue weighted by Crippen LogP contribution is -2.51. The summed E-state index contributed by atoms with van der Waals surface area (Å²) >= 11 is 0. The molecule has 0 unspecified atom stereocenters. The summed E-state index contributed by atoms with van der Waals surface area (Å²) in [7, 11) is -3.84. The van der Waals surface area contributed by atoms with Gasteiger partial charge in [0.2, 0.25) is 11.8 Å². The lowest BCUT2D eigenvalue weighted by atomic mass is 10.1. The molecule has 1 aromatic heterocycles. The van der Waals surface area contributed by atoms with Gasteiger partial charge in [0.25, 0.3) is 0 Å². The second-order valence-corrected chi connectivity index (χ2v) is 9.51. The SMILES string of the molecule is Cc1ccc(S(=O)(=O)[C@@H]2CCC(=O)N(CCc3c[nH]c4ccccc34)C2=O)cc1. The quantitative estimate of drug-likeness (QED) is 0.655. The van der Waals surface area contributed by atoms with E-state index in [0.29, 0.717) is 6.42 Å². The molecule has 2 heterocycles. The molecule has 0 radical (unpaired) electrons. The van der Waals surface area contributed by atoms with E-state index in [1.54, 1.807) is 12.1 Å². The van der Waals surface area contributed by atoms with Crippen LogP contribution in [0.4, 0.5) is 0 Å². The number of amides is 2. The molecule has 2 aromatic carbocycles. The van der Waals surface area contributed by atoms with Crippen molar-refractivity contribution < 1.29 is 18.0 Å². The van der Waals surface area contributed by atoms with Crippen molar-refractivity contribution in [2.75, 3.05) is 6.54 Å². The fourth-order valence-electron chi connectivity index (χ4n) is 3.80. The van der Waals surface area contributed by atoms with Crippen molar-refractivity contribution in [3.8, 4) is 0 Å². The summed E-state index contributed by atoms with van der Waals surface area (Å²) < 4.78 is 26.0. The molecule has 1 aliphatic rings. The molecule has 6 nitrogen and oxygen atoms in total. The van der Waals surface area contributed by atoms with Crippen LogP contribution in [0.25, 0.3) is 10.9 Å². The summed E-state index contributed by atoms with van der Waals surface area (Å²) in [4.78, 5) is 29.8. The maximum atomic E-state index is 13.0. The van der Waals surface area contributed by atoms with Crippen molar-refractivity contribution in [3.63, 3.8) is 0 Å². The third kappa shape index (κ3) is 3.58. The molecule has 1 aliphatic heterocycles. The third-order valence-electron chi connectivity index (χ3n) is 5.47. The number of carbonyl (C=O) groups is 2. The van der Waals surface area contributed by atoms with Gasteiger partial charge in [0.1, 0.15) is 5.25 Å². The lowest BCUT2D eigenvalue weighted by molar-refractivity contribution is -0.147. The van der Waals surface area contributed by atoms with E-state index in [1.165, 1.54) is 12.1 Å². The monoisotopic (exact) mass is 410 g/mol. The molecule has 1 atom stereocenters. The number of para-hydroxylation sites is 1. The molecule has 1 N–H and O–H groups in total. The second kappa shape index (κ2) is 7.48. The minimum Gasteiger partial charge on any atom is -0.361 e. The maximum Gasteiger partial charge on any atom is 0.247 e. The van der Waals surface area contributed by atoms with Crippen molar-refractivity contribution in [2.45, 2.75) is 36.3 Å². The zero-order valence-corrected chi connectivity index (χ0v) is 16.9. The zero-order valence-electron chi connectivity index (χ0n) is 16.1. The van der Waals surface area contributed by atoms with Crippen LogP contribution < -0.4 is 0 Å². The Labute approximate surface area is 169 Å². The first-order valence-electron chi connectivity index (χ1n) is 9.57. The molecular formula is C22H22N2O4S. The molecule has 3 aromatic rings. The van der Waals surface area contributed by atoms with Gasteiger partial charge in [0, 0.05) is 30.1 Å². The average molecular weight is 410 g/mol. The van der Waals surface area contributed by atoms with Crippen LogP contribution in [-0.2, 0) is 25.8 Å². The van der Waals surface area contributed by atoms with Crippen LogP contribution in [0.5, 0.6) is 0 Å². The first-order chi connectivity index (χ1) is 13.9. The number of aryl methyl sites for hydroxylation is 1. The summed E-state index contributed by atoms with van der Waals surface area (Å²) in [6.07, 6.45) is 2.41. The number of carbonyl (C=O) groups excluding carboxylic acids is 2. The fourth-order valence-corrected chi connectivity index (χ4v) is 5.46. The highest BCUT2D eigenvalue weighted by Crippen LogP contribution is 2.26. The van der Waals surface area contributed by atoms with Gasteiger partial charge in [-0.2, -0.15) is 0 Å². The largest absolute Gasteiger partial charge is 0.361 e. The number of aromatic amines is 1. The molecule has 29 heavy (non-hydrogen) atoms. The first kappa shape index (κ1) is 19.4. The van der Waals surface area contributed by atoms with Crippen LogP contribution in [0.15, 0.2) is 59.6 Å². The van der Waals surface area contributed by atoms with Gasteiger partial charge in [-0.05, 0) is 43.5 Å². The number of sulfone groups is 1. The fraction of sp³-hybridized carbons (Fsp3) is 0.273. The Balaban J connectivity index is 1.55. The van der Waals surface area contributed by atoms with Gasteiger partial charge in [-0.15, -0.1) is 0 Å². The van der Waals surface area contributed by atoms with E-state index in [2.05, 4.69) is 4.98 Å². The van der Waals surface area contributed by atoms with E-state index in [9.17, 15) is 18.0 Å². The third-order valence-corrected chi connectivity index (χ3v) is 7.58. The first-order valence-corrected chi connectivity index (χ1v) is 11.1. The maximum absolute atomic E-state index is 13.0. The molecule has 0 bridgehead atoms. The number of piperidine rings is 1. The number of hydrogen-bond donors (Lipinski definition) is 1. The zero-order chi connectivity index (χ0) is 20.6. The molecule has 0 aliphatic carbocycles. The predicted octanol–water partition coefficient (Wildman–Crippen LogP) is 3.01. The van der Waals surface area contributed by atoms with Crippen LogP contribution in [0.1, 0.15) is 24.0 Å². The minimum absolute atomic E-state index is 0.0253. The topological polar surface area (TPSA) is 87.3 Å². The van der Waals surface area contributed by atoms with Crippen molar-refractivity contribution in [1.29, 1.82) is 0 Å². The average Bonchev–Trinajstić information content (AvgIpc) is 3.11. The van der Waals surface area contributed by atoms with Gasteiger partial charge in [-0.3, -0.25) is 14.5 Å². The number of fused-ring (bicyclic) bond motifs is 1. The standard InChI is InChI=1S/C22H22N2O4S/c1-15-6-8-17(9-7-15)29(27,28)20-10-11-21(25)24(22(20)26)13-12-16-14-23-19-5-3-2-4-18(16)19/h2-9,14,20,23H,10-13H2,1H3/t20-/m1/s1.